The molecule has 0 aliphatic rings. The molecule has 0 saturated heterocycles. The number of hydrogen-bond acceptors (Lipinski definition) is 6. The number of halogens is 1. The summed E-state index contributed by atoms with van der Waals surface area (Å²) in [5, 5.41) is 18.9. The van der Waals surface area contributed by atoms with Gasteiger partial charge in [-0.2, -0.15) is 0 Å². The predicted molar refractivity (Wildman–Crippen MR) is 87.2 cm³/mol. The summed E-state index contributed by atoms with van der Waals surface area (Å²) in [5.74, 6) is -0.0938. The first-order valence-corrected chi connectivity index (χ1v) is 8.17. The number of thioether (sulfide) groups is 1. The lowest BCUT2D eigenvalue weighted by Crippen LogP contribution is -2.23. The Morgan fingerprint density at radius 1 is 1.48 bits per heavy atom. The molecule has 122 valence electrons. The van der Waals surface area contributed by atoms with Crippen molar-refractivity contribution in [2.75, 3.05) is 6.61 Å². The first kappa shape index (κ1) is 17.4. The third-order valence-corrected chi connectivity index (χ3v) is 3.91. The van der Waals surface area contributed by atoms with E-state index in [1.807, 2.05) is 13.8 Å². The van der Waals surface area contributed by atoms with Gasteiger partial charge >= 0.3 is 0 Å². The molecule has 0 radical (unpaired) electrons. The van der Waals surface area contributed by atoms with Crippen molar-refractivity contribution < 1.29 is 14.6 Å². The molecule has 0 spiro atoms. The molecule has 1 aromatic carbocycles. The molecule has 6 nitrogen and oxygen atoms in total. The maximum absolute atomic E-state index is 11.4. The number of aliphatic carboxylic acids is 1. The molecule has 23 heavy (non-hydrogen) atoms. The lowest BCUT2D eigenvalue weighted by molar-refractivity contribution is -0.297. The number of rotatable bonds is 7. The number of aromatic amines is 1. The van der Waals surface area contributed by atoms with E-state index in [4.69, 9.17) is 16.3 Å². The van der Waals surface area contributed by atoms with Gasteiger partial charge in [-0.3, -0.25) is 5.10 Å². The standard InChI is InChI=1S/C15H16ClN3O3S/c1-3-13-17-15(19-18-13)23-12(14(20)21)8-9-7-10(16)5-6-11(9)22-4-2/h5-8H,3-4H2,1-2H3,(H,20,21)(H,17,18,19)/p-1/b12-8-. The molecule has 0 atom stereocenters. The second-order valence-corrected chi connectivity index (χ2v) is 5.88. The Morgan fingerprint density at radius 3 is 2.87 bits per heavy atom. The van der Waals surface area contributed by atoms with Crippen LogP contribution in [-0.4, -0.2) is 27.8 Å². The Balaban J connectivity index is 2.35. The zero-order valence-corrected chi connectivity index (χ0v) is 14.2. The van der Waals surface area contributed by atoms with Crippen molar-refractivity contribution in [2.24, 2.45) is 0 Å². The van der Waals surface area contributed by atoms with Crippen molar-refractivity contribution in [1.29, 1.82) is 0 Å². The highest BCUT2D eigenvalue weighted by atomic mass is 35.5. The first-order chi connectivity index (χ1) is 11.0. The van der Waals surface area contributed by atoms with Gasteiger partial charge in [0.25, 0.3) is 0 Å². The fraction of sp³-hybridized carbons (Fsp3) is 0.267. The van der Waals surface area contributed by atoms with Gasteiger partial charge in [-0.05, 0) is 43.0 Å². The zero-order chi connectivity index (χ0) is 16.8. The van der Waals surface area contributed by atoms with Crippen LogP contribution in [0.1, 0.15) is 25.2 Å². The van der Waals surface area contributed by atoms with Crippen molar-refractivity contribution in [3.8, 4) is 5.75 Å². The molecule has 0 unspecified atom stereocenters. The Morgan fingerprint density at radius 2 is 2.26 bits per heavy atom. The minimum absolute atomic E-state index is 0.0325. The summed E-state index contributed by atoms with van der Waals surface area (Å²) in [7, 11) is 0. The third kappa shape index (κ3) is 4.74. The second kappa shape index (κ2) is 8.03. The van der Waals surface area contributed by atoms with Crippen molar-refractivity contribution in [2.45, 2.75) is 25.4 Å². The molecule has 0 fully saturated rings. The third-order valence-electron chi connectivity index (χ3n) is 2.81. The Labute approximate surface area is 142 Å². The van der Waals surface area contributed by atoms with Gasteiger partial charge in [0, 0.05) is 21.9 Å². The largest absolute Gasteiger partial charge is 0.544 e. The highest BCUT2D eigenvalue weighted by molar-refractivity contribution is 8.04. The quantitative estimate of drug-likeness (QED) is 0.607. The van der Waals surface area contributed by atoms with E-state index in [9.17, 15) is 9.90 Å². The maximum Gasteiger partial charge on any atom is 0.213 e. The van der Waals surface area contributed by atoms with Gasteiger partial charge < -0.3 is 14.6 Å². The van der Waals surface area contributed by atoms with Crippen LogP contribution in [0.5, 0.6) is 5.75 Å². The molecule has 0 bridgehead atoms. The van der Waals surface area contributed by atoms with E-state index >= 15 is 0 Å². The summed E-state index contributed by atoms with van der Waals surface area (Å²) < 4.78 is 5.48. The SMILES string of the molecule is CCOc1ccc(Cl)cc1/C=C(\Sc1n[nH]c(CC)n1)C(=O)[O-]. The van der Waals surface area contributed by atoms with E-state index in [1.165, 1.54) is 6.08 Å². The molecule has 1 aromatic heterocycles. The number of nitrogens with one attached hydrogen (secondary N) is 1. The average Bonchev–Trinajstić information content (AvgIpc) is 2.97. The zero-order valence-electron chi connectivity index (χ0n) is 12.6. The highest BCUT2D eigenvalue weighted by Crippen LogP contribution is 2.30. The molecule has 1 heterocycles. The molecule has 8 heteroatoms. The fourth-order valence-corrected chi connectivity index (χ4v) is 2.66. The number of benzene rings is 1. The second-order valence-electron chi connectivity index (χ2n) is 4.43. The summed E-state index contributed by atoms with van der Waals surface area (Å²) in [6.07, 6.45) is 2.12. The average molecular weight is 353 g/mol. The van der Waals surface area contributed by atoms with Gasteiger partial charge in [-0.25, -0.2) is 4.98 Å². The van der Waals surface area contributed by atoms with Crippen LogP contribution in [0.2, 0.25) is 5.02 Å². The summed E-state index contributed by atoms with van der Waals surface area (Å²) in [5.41, 5.74) is 0.553. The number of ether oxygens (including phenoxy) is 1. The summed E-state index contributed by atoms with van der Waals surface area (Å²) in [6.45, 7) is 4.22. The normalized spacial score (nSPS) is 11.5. The van der Waals surface area contributed by atoms with E-state index in [0.29, 0.717) is 40.3 Å². The van der Waals surface area contributed by atoms with Gasteiger partial charge in [-0.1, -0.05) is 18.5 Å². The molecule has 0 aliphatic carbocycles. The summed E-state index contributed by atoms with van der Waals surface area (Å²) >= 11 is 6.89. The van der Waals surface area contributed by atoms with Crippen molar-refractivity contribution in [3.05, 3.63) is 39.5 Å². The highest BCUT2D eigenvalue weighted by Gasteiger charge is 2.10. The van der Waals surface area contributed by atoms with Crippen molar-refractivity contribution in [3.63, 3.8) is 0 Å². The van der Waals surface area contributed by atoms with Crippen molar-refractivity contribution >= 4 is 35.4 Å². The Bertz CT molecular complexity index is 731. The number of carbonyl (C=O) groups is 1. The van der Waals surface area contributed by atoms with Crippen LogP contribution >= 0.6 is 23.4 Å². The predicted octanol–water partition coefficient (Wildman–Crippen LogP) is 2.30. The number of carboxylic acid groups (broad SMARTS) is 1. The fourth-order valence-electron chi connectivity index (χ4n) is 1.77. The number of carboxylic acids is 1. The summed E-state index contributed by atoms with van der Waals surface area (Å²) in [6, 6.07) is 5.00. The Kier molecular flexibility index (Phi) is 6.06. The van der Waals surface area contributed by atoms with Crippen molar-refractivity contribution in [1.82, 2.24) is 15.2 Å². The molecule has 0 amide bonds. The van der Waals surface area contributed by atoms with E-state index in [-0.39, 0.29) is 4.91 Å². The van der Waals surface area contributed by atoms with Crippen LogP contribution in [-0.2, 0) is 11.2 Å². The van der Waals surface area contributed by atoms with E-state index in [0.717, 1.165) is 11.8 Å². The van der Waals surface area contributed by atoms with Crippen LogP contribution in [0.15, 0.2) is 28.3 Å². The van der Waals surface area contributed by atoms with Gasteiger partial charge in [0.2, 0.25) is 5.16 Å². The lowest BCUT2D eigenvalue weighted by Gasteiger charge is -2.10. The number of nitrogens with zero attached hydrogens (tertiary/aromatic N) is 2. The van der Waals surface area contributed by atoms with Crippen LogP contribution in [0.3, 0.4) is 0 Å². The first-order valence-electron chi connectivity index (χ1n) is 6.98. The summed E-state index contributed by atoms with van der Waals surface area (Å²) in [4.78, 5) is 15.5. The molecule has 2 rings (SSSR count). The topological polar surface area (TPSA) is 90.9 Å². The van der Waals surface area contributed by atoms with E-state index in [2.05, 4.69) is 15.2 Å². The number of aromatic nitrogens is 3. The van der Waals surface area contributed by atoms with E-state index in [1.54, 1.807) is 18.2 Å². The monoisotopic (exact) mass is 352 g/mol. The molecule has 2 aromatic rings. The smallest absolute Gasteiger partial charge is 0.213 e. The molecular formula is C15H15ClN3O3S-. The van der Waals surface area contributed by atoms with E-state index < -0.39 is 5.97 Å². The molecule has 0 aliphatic heterocycles. The lowest BCUT2D eigenvalue weighted by atomic mass is 10.2. The van der Waals surface area contributed by atoms with Crippen LogP contribution < -0.4 is 9.84 Å². The van der Waals surface area contributed by atoms with Gasteiger partial charge in [0.05, 0.1) is 12.6 Å². The molecule has 1 N–H and O–H groups in total. The number of aryl methyl sites for hydroxylation is 1. The van der Waals surface area contributed by atoms with Gasteiger partial charge in [0.15, 0.2) is 0 Å². The molecule has 0 saturated carbocycles. The number of carbonyl (C=O) groups excluding carboxylic acids is 1. The van der Waals surface area contributed by atoms with Gasteiger partial charge in [-0.15, -0.1) is 5.10 Å². The Hall–Kier alpha value is -1.99. The molecular weight excluding hydrogens is 338 g/mol. The minimum Gasteiger partial charge on any atom is -0.544 e. The number of H-pyrrole nitrogens is 1. The minimum atomic E-state index is -1.32. The van der Waals surface area contributed by atoms with Gasteiger partial charge in [0.1, 0.15) is 11.6 Å². The van der Waals surface area contributed by atoms with Crippen LogP contribution in [0.25, 0.3) is 6.08 Å². The van der Waals surface area contributed by atoms with Crippen LogP contribution in [0, 0.1) is 0 Å². The maximum atomic E-state index is 11.4. The number of hydrogen-bond donors (Lipinski definition) is 1. The van der Waals surface area contributed by atoms with Crippen LogP contribution in [0.4, 0.5) is 0 Å².